The summed E-state index contributed by atoms with van der Waals surface area (Å²) >= 11 is 0. The zero-order valence-electron chi connectivity index (χ0n) is 12.1. The molecule has 1 amide bonds. The predicted octanol–water partition coefficient (Wildman–Crippen LogP) is 2.00. The maximum absolute atomic E-state index is 12.4. The summed E-state index contributed by atoms with van der Waals surface area (Å²) in [5.74, 6) is -0.0727. The summed E-state index contributed by atoms with van der Waals surface area (Å²) in [6.45, 7) is 0. The Bertz CT molecular complexity index is 730. The Morgan fingerprint density at radius 2 is 1.95 bits per heavy atom. The van der Waals surface area contributed by atoms with Crippen LogP contribution in [0.5, 0.6) is 0 Å². The van der Waals surface area contributed by atoms with Crippen molar-refractivity contribution in [3.63, 3.8) is 0 Å². The van der Waals surface area contributed by atoms with Crippen LogP contribution in [0.15, 0.2) is 29.1 Å². The van der Waals surface area contributed by atoms with Crippen molar-refractivity contribution in [3.8, 4) is 0 Å². The van der Waals surface area contributed by atoms with Gasteiger partial charge in [0.1, 0.15) is 0 Å². The van der Waals surface area contributed by atoms with Gasteiger partial charge in [-0.2, -0.15) is 0 Å². The third-order valence-corrected chi connectivity index (χ3v) is 4.13. The molecule has 1 heterocycles. The van der Waals surface area contributed by atoms with Gasteiger partial charge in [-0.05, 0) is 25.0 Å². The molecule has 5 nitrogen and oxygen atoms in total. The van der Waals surface area contributed by atoms with Crippen LogP contribution >= 0.6 is 0 Å². The Kier molecular flexibility index (Phi) is 3.73. The third kappa shape index (κ3) is 2.68. The SMILES string of the molecule is Cn1c(C(=O)NC2CCCCC2)nc2ccccc2c1=O. The highest BCUT2D eigenvalue weighted by Gasteiger charge is 2.20. The van der Waals surface area contributed by atoms with Crippen molar-refractivity contribution in [2.75, 3.05) is 0 Å². The van der Waals surface area contributed by atoms with Gasteiger partial charge in [0.25, 0.3) is 11.5 Å². The number of nitrogens with zero attached hydrogens (tertiary/aromatic N) is 2. The van der Waals surface area contributed by atoms with Crippen molar-refractivity contribution in [3.05, 3.63) is 40.4 Å². The molecule has 2 aromatic rings. The van der Waals surface area contributed by atoms with Gasteiger partial charge in [0.05, 0.1) is 10.9 Å². The summed E-state index contributed by atoms with van der Waals surface area (Å²) in [5.41, 5.74) is 0.379. The predicted molar refractivity (Wildman–Crippen MR) is 81.3 cm³/mol. The van der Waals surface area contributed by atoms with Gasteiger partial charge in [-0.25, -0.2) is 4.98 Å². The number of aromatic nitrogens is 2. The second-order valence-electron chi connectivity index (χ2n) is 5.63. The first kappa shape index (κ1) is 13.8. The van der Waals surface area contributed by atoms with Crippen LogP contribution in [0.4, 0.5) is 0 Å². The zero-order valence-corrected chi connectivity index (χ0v) is 12.1. The molecule has 0 radical (unpaired) electrons. The molecule has 0 aliphatic heterocycles. The van der Waals surface area contributed by atoms with Crippen LogP contribution < -0.4 is 10.9 Å². The number of benzene rings is 1. The summed E-state index contributed by atoms with van der Waals surface area (Å²) in [6, 6.07) is 7.31. The van der Waals surface area contributed by atoms with E-state index in [0.717, 1.165) is 25.7 Å². The minimum absolute atomic E-state index is 0.185. The Morgan fingerprint density at radius 3 is 2.71 bits per heavy atom. The Labute approximate surface area is 123 Å². The van der Waals surface area contributed by atoms with Gasteiger partial charge < -0.3 is 5.32 Å². The first-order chi connectivity index (χ1) is 10.2. The topological polar surface area (TPSA) is 64.0 Å². The lowest BCUT2D eigenvalue weighted by Gasteiger charge is -2.22. The number of para-hydroxylation sites is 1. The number of carbonyl (C=O) groups excluding carboxylic acids is 1. The lowest BCUT2D eigenvalue weighted by molar-refractivity contribution is 0.0912. The summed E-state index contributed by atoms with van der Waals surface area (Å²) < 4.78 is 1.33. The fourth-order valence-electron chi connectivity index (χ4n) is 2.92. The maximum Gasteiger partial charge on any atom is 0.287 e. The van der Waals surface area contributed by atoms with Crippen LogP contribution in [-0.4, -0.2) is 21.5 Å². The van der Waals surface area contributed by atoms with E-state index in [1.54, 1.807) is 25.2 Å². The number of rotatable bonds is 2. The Balaban J connectivity index is 1.94. The van der Waals surface area contributed by atoms with Gasteiger partial charge in [0, 0.05) is 13.1 Å². The van der Waals surface area contributed by atoms with Gasteiger partial charge in [-0.3, -0.25) is 14.2 Å². The molecule has 0 saturated heterocycles. The van der Waals surface area contributed by atoms with E-state index < -0.39 is 0 Å². The van der Waals surface area contributed by atoms with Gasteiger partial charge in [-0.15, -0.1) is 0 Å². The smallest absolute Gasteiger partial charge is 0.287 e. The number of hydrogen-bond acceptors (Lipinski definition) is 3. The molecule has 1 aliphatic carbocycles. The molecule has 1 aliphatic rings. The van der Waals surface area contributed by atoms with Crippen molar-refractivity contribution >= 4 is 16.8 Å². The fourth-order valence-corrected chi connectivity index (χ4v) is 2.92. The third-order valence-electron chi connectivity index (χ3n) is 4.13. The highest BCUT2D eigenvalue weighted by Crippen LogP contribution is 2.17. The molecule has 1 aromatic heterocycles. The second-order valence-corrected chi connectivity index (χ2v) is 5.63. The van der Waals surface area contributed by atoms with E-state index in [-0.39, 0.29) is 23.3 Å². The molecule has 0 bridgehead atoms. The number of amides is 1. The first-order valence-electron chi connectivity index (χ1n) is 7.43. The molecule has 5 heteroatoms. The van der Waals surface area contributed by atoms with Crippen molar-refractivity contribution in [1.29, 1.82) is 0 Å². The molecule has 3 rings (SSSR count). The minimum atomic E-state index is -0.257. The Hall–Kier alpha value is -2.17. The summed E-state index contributed by atoms with van der Waals surface area (Å²) in [5, 5.41) is 3.54. The standard InChI is InChI=1S/C16H19N3O2/c1-19-14(15(20)17-11-7-3-2-4-8-11)18-13-10-6-5-9-12(13)16(19)21/h5-6,9-11H,2-4,7-8H2,1H3,(H,17,20). The van der Waals surface area contributed by atoms with Crippen LogP contribution in [0.1, 0.15) is 42.7 Å². The number of hydrogen-bond donors (Lipinski definition) is 1. The van der Waals surface area contributed by atoms with Gasteiger partial charge in [0.15, 0.2) is 0 Å². The molecule has 1 N–H and O–H groups in total. The van der Waals surface area contributed by atoms with E-state index in [4.69, 9.17) is 0 Å². The summed E-state index contributed by atoms with van der Waals surface area (Å²) in [6.07, 6.45) is 5.55. The van der Waals surface area contributed by atoms with Crippen molar-refractivity contribution in [2.24, 2.45) is 7.05 Å². The molecule has 0 atom stereocenters. The van der Waals surface area contributed by atoms with E-state index in [1.165, 1.54) is 11.0 Å². The quantitative estimate of drug-likeness (QED) is 0.918. The lowest BCUT2D eigenvalue weighted by Crippen LogP contribution is -2.39. The van der Waals surface area contributed by atoms with Crippen LogP contribution in [0.3, 0.4) is 0 Å². The van der Waals surface area contributed by atoms with Gasteiger partial charge >= 0.3 is 0 Å². The zero-order chi connectivity index (χ0) is 14.8. The molecule has 21 heavy (non-hydrogen) atoms. The maximum atomic E-state index is 12.4. The molecular formula is C16H19N3O2. The van der Waals surface area contributed by atoms with Gasteiger partial charge in [-0.1, -0.05) is 31.4 Å². The van der Waals surface area contributed by atoms with Crippen LogP contribution in [0, 0.1) is 0 Å². The molecule has 0 unspecified atom stereocenters. The van der Waals surface area contributed by atoms with Crippen LogP contribution in [-0.2, 0) is 7.05 Å². The molecular weight excluding hydrogens is 266 g/mol. The van der Waals surface area contributed by atoms with E-state index in [1.807, 2.05) is 6.07 Å². The monoisotopic (exact) mass is 285 g/mol. The largest absolute Gasteiger partial charge is 0.347 e. The van der Waals surface area contributed by atoms with Crippen LogP contribution in [0.25, 0.3) is 10.9 Å². The van der Waals surface area contributed by atoms with Crippen molar-refractivity contribution in [2.45, 2.75) is 38.1 Å². The minimum Gasteiger partial charge on any atom is -0.347 e. The van der Waals surface area contributed by atoms with E-state index >= 15 is 0 Å². The molecule has 110 valence electrons. The number of nitrogens with one attached hydrogen (secondary N) is 1. The average Bonchev–Trinajstić information content (AvgIpc) is 2.52. The normalized spacial score (nSPS) is 16.0. The van der Waals surface area contributed by atoms with Gasteiger partial charge in [0.2, 0.25) is 5.82 Å². The van der Waals surface area contributed by atoms with Crippen LogP contribution in [0.2, 0.25) is 0 Å². The highest BCUT2D eigenvalue weighted by atomic mass is 16.2. The molecule has 1 fully saturated rings. The highest BCUT2D eigenvalue weighted by molar-refractivity contribution is 5.93. The number of fused-ring (bicyclic) bond motifs is 1. The lowest BCUT2D eigenvalue weighted by atomic mass is 9.95. The van der Waals surface area contributed by atoms with Crippen molar-refractivity contribution in [1.82, 2.24) is 14.9 Å². The molecule has 1 aromatic carbocycles. The van der Waals surface area contributed by atoms with E-state index in [0.29, 0.717) is 10.9 Å². The first-order valence-corrected chi connectivity index (χ1v) is 7.43. The fraction of sp³-hybridized carbons (Fsp3) is 0.438. The molecule has 0 spiro atoms. The number of carbonyl (C=O) groups is 1. The molecule has 1 saturated carbocycles. The Morgan fingerprint density at radius 1 is 1.24 bits per heavy atom. The van der Waals surface area contributed by atoms with Crippen molar-refractivity contribution < 1.29 is 4.79 Å². The van der Waals surface area contributed by atoms with E-state index in [9.17, 15) is 9.59 Å². The summed E-state index contributed by atoms with van der Waals surface area (Å²) in [7, 11) is 1.59. The second kappa shape index (κ2) is 5.68. The van der Waals surface area contributed by atoms with E-state index in [2.05, 4.69) is 10.3 Å². The average molecular weight is 285 g/mol. The summed E-state index contributed by atoms with van der Waals surface area (Å²) in [4.78, 5) is 29.0.